The number of anilines is 1. The highest BCUT2D eigenvalue weighted by molar-refractivity contribution is 6.06. The number of rotatable bonds is 7. The molecule has 0 aliphatic rings. The van der Waals surface area contributed by atoms with E-state index in [4.69, 9.17) is 14.0 Å². The van der Waals surface area contributed by atoms with Crippen molar-refractivity contribution in [3.63, 3.8) is 0 Å². The second kappa shape index (κ2) is 7.86. The van der Waals surface area contributed by atoms with Gasteiger partial charge in [-0.05, 0) is 32.9 Å². The number of nitrogens with zero attached hydrogens (tertiary/aromatic N) is 1. The number of benzene rings is 1. The maximum absolute atomic E-state index is 12.7. The number of nitrogens with one attached hydrogen (secondary N) is 1. The average molecular weight is 332 g/mol. The molecule has 1 heterocycles. The second-order valence-electron chi connectivity index (χ2n) is 5.64. The SMILES string of the molecule is CCOc1ccc(OCC)c(NC(=O)c2c(C)noc2C(C)C)c1. The van der Waals surface area contributed by atoms with Crippen LogP contribution in [0.25, 0.3) is 0 Å². The average Bonchev–Trinajstić information content (AvgIpc) is 2.92. The van der Waals surface area contributed by atoms with Crippen molar-refractivity contribution in [2.75, 3.05) is 18.5 Å². The first kappa shape index (κ1) is 17.8. The summed E-state index contributed by atoms with van der Waals surface area (Å²) < 4.78 is 16.4. The summed E-state index contributed by atoms with van der Waals surface area (Å²) >= 11 is 0. The van der Waals surface area contributed by atoms with E-state index in [0.717, 1.165) is 0 Å². The van der Waals surface area contributed by atoms with Gasteiger partial charge in [-0.1, -0.05) is 19.0 Å². The number of ether oxygens (including phenoxy) is 2. The fourth-order valence-electron chi connectivity index (χ4n) is 2.39. The van der Waals surface area contributed by atoms with Crippen LogP contribution in [-0.4, -0.2) is 24.3 Å². The molecule has 0 saturated heterocycles. The van der Waals surface area contributed by atoms with E-state index in [1.807, 2.05) is 33.8 Å². The summed E-state index contributed by atoms with van der Waals surface area (Å²) in [6.07, 6.45) is 0. The molecule has 6 nitrogen and oxygen atoms in total. The molecule has 0 bridgehead atoms. The van der Waals surface area contributed by atoms with Crippen LogP contribution in [0.1, 0.15) is 55.4 Å². The van der Waals surface area contributed by atoms with Gasteiger partial charge in [-0.3, -0.25) is 4.79 Å². The summed E-state index contributed by atoms with van der Waals surface area (Å²) in [7, 11) is 0. The lowest BCUT2D eigenvalue weighted by atomic mass is 10.0. The van der Waals surface area contributed by atoms with Crippen molar-refractivity contribution in [3.8, 4) is 11.5 Å². The lowest BCUT2D eigenvalue weighted by molar-refractivity contribution is 0.102. The van der Waals surface area contributed by atoms with Gasteiger partial charge in [0.05, 0.1) is 24.6 Å². The van der Waals surface area contributed by atoms with E-state index in [9.17, 15) is 4.79 Å². The Hall–Kier alpha value is -2.50. The Morgan fingerprint density at radius 2 is 1.96 bits per heavy atom. The lowest BCUT2D eigenvalue weighted by Crippen LogP contribution is -2.15. The van der Waals surface area contributed by atoms with Gasteiger partial charge in [0.25, 0.3) is 5.91 Å². The molecule has 6 heteroatoms. The Kier molecular flexibility index (Phi) is 5.84. The molecule has 24 heavy (non-hydrogen) atoms. The quantitative estimate of drug-likeness (QED) is 0.824. The Balaban J connectivity index is 2.34. The van der Waals surface area contributed by atoms with Gasteiger partial charge in [-0.25, -0.2) is 0 Å². The van der Waals surface area contributed by atoms with Crippen LogP contribution in [0.2, 0.25) is 0 Å². The van der Waals surface area contributed by atoms with Gasteiger partial charge in [-0.15, -0.1) is 0 Å². The van der Waals surface area contributed by atoms with Crippen LogP contribution in [0, 0.1) is 6.92 Å². The molecule has 0 saturated carbocycles. The Morgan fingerprint density at radius 1 is 1.25 bits per heavy atom. The molecule has 0 spiro atoms. The first-order chi connectivity index (χ1) is 11.5. The molecule has 0 aliphatic heterocycles. The molecular weight excluding hydrogens is 308 g/mol. The van der Waals surface area contributed by atoms with Crippen LogP contribution in [0.5, 0.6) is 11.5 Å². The van der Waals surface area contributed by atoms with Crippen molar-refractivity contribution in [2.24, 2.45) is 0 Å². The molecule has 2 aromatic rings. The van der Waals surface area contributed by atoms with Crippen molar-refractivity contribution in [1.82, 2.24) is 5.16 Å². The Morgan fingerprint density at radius 3 is 2.58 bits per heavy atom. The van der Waals surface area contributed by atoms with Crippen molar-refractivity contribution < 1.29 is 18.8 Å². The molecule has 0 aliphatic carbocycles. The van der Waals surface area contributed by atoms with Crippen molar-refractivity contribution in [1.29, 1.82) is 0 Å². The minimum atomic E-state index is -0.271. The molecule has 1 N–H and O–H groups in total. The summed E-state index contributed by atoms with van der Waals surface area (Å²) in [6.45, 7) is 10.5. The zero-order chi connectivity index (χ0) is 17.7. The molecule has 0 unspecified atom stereocenters. The van der Waals surface area contributed by atoms with E-state index in [1.54, 1.807) is 19.1 Å². The van der Waals surface area contributed by atoms with Gasteiger partial charge >= 0.3 is 0 Å². The van der Waals surface area contributed by atoms with Gasteiger partial charge in [-0.2, -0.15) is 0 Å². The fraction of sp³-hybridized carbons (Fsp3) is 0.444. The van der Waals surface area contributed by atoms with E-state index in [0.29, 0.717) is 47.4 Å². The van der Waals surface area contributed by atoms with E-state index in [-0.39, 0.29) is 11.8 Å². The molecule has 1 amide bonds. The van der Waals surface area contributed by atoms with E-state index in [1.165, 1.54) is 0 Å². The number of carbonyl (C=O) groups is 1. The van der Waals surface area contributed by atoms with Gasteiger partial charge in [0.2, 0.25) is 0 Å². The third-order valence-electron chi connectivity index (χ3n) is 3.45. The van der Waals surface area contributed by atoms with Crippen molar-refractivity contribution in [2.45, 2.75) is 40.5 Å². The topological polar surface area (TPSA) is 73.6 Å². The number of aryl methyl sites for hydroxylation is 1. The molecule has 1 aromatic carbocycles. The fourth-order valence-corrected chi connectivity index (χ4v) is 2.39. The largest absolute Gasteiger partial charge is 0.494 e. The highest BCUT2D eigenvalue weighted by Gasteiger charge is 2.23. The third kappa shape index (κ3) is 3.88. The molecule has 0 atom stereocenters. The summed E-state index contributed by atoms with van der Waals surface area (Å²) in [6, 6.07) is 5.35. The molecule has 0 radical (unpaired) electrons. The number of amides is 1. The molecule has 1 aromatic heterocycles. The second-order valence-corrected chi connectivity index (χ2v) is 5.64. The minimum absolute atomic E-state index is 0.0630. The van der Waals surface area contributed by atoms with Gasteiger partial charge in [0.15, 0.2) is 5.76 Å². The zero-order valence-corrected chi connectivity index (χ0v) is 14.8. The number of carbonyl (C=O) groups excluding carboxylic acids is 1. The first-order valence-corrected chi connectivity index (χ1v) is 8.15. The summed E-state index contributed by atoms with van der Waals surface area (Å²) in [5, 5.41) is 6.80. The monoisotopic (exact) mass is 332 g/mol. The van der Waals surface area contributed by atoms with Gasteiger partial charge < -0.3 is 19.3 Å². The summed E-state index contributed by atoms with van der Waals surface area (Å²) in [5.74, 6) is 1.63. The minimum Gasteiger partial charge on any atom is -0.494 e. The Labute approximate surface area is 142 Å². The zero-order valence-electron chi connectivity index (χ0n) is 14.8. The third-order valence-corrected chi connectivity index (χ3v) is 3.45. The lowest BCUT2D eigenvalue weighted by Gasteiger charge is -2.14. The highest BCUT2D eigenvalue weighted by Crippen LogP contribution is 2.31. The summed E-state index contributed by atoms with van der Waals surface area (Å²) in [5.41, 5.74) is 1.59. The van der Waals surface area contributed by atoms with E-state index in [2.05, 4.69) is 10.5 Å². The number of hydrogen-bond acceptors (Lipinski definition) is 5. The molecule has 0 fully saturated rings. The van der Waals surface area contributed by atoms with Crippen LogP contribution >= 0.6 is 0 Å². The molecule has 2 rings (SSSR count). The number of hydrogen-bond donors (Lipinski definition) is 1. The standard InChI is InChI=1S/C18H24N2O4/c1-6-22-13-8-9-15(23-7-2)14(10-13)19-18(21)16-12(5)20-24-17(16)11(3)4/h8-11H,6-7H2,1-5H3,(H,19,21). The van der Waals surface area contributed by atoms with Crippen molar-refractivity contribution >= 4 is 11.6 Å². The summed E-state index contributed by atoms with van der Waals surface area (Å²) in [4.78, 5) is 12.7. The number of aromatic nitrogens is 1. The smallest absolute Gasteiger partial charge is 0.261 e. The van der Waals surface area contributed by atoms with Crippen LogP contribution in [0.3, 0.4) is 0 Å². The maximum Gasteiger partial charge on any atom is 0.261 e. The molecular formula is C18H24N2O4. The van der Waals surface area contributed by atoms with Crippen LogP contribution in [-0.2, 0) is 0 Å². The van der Waals surface area contributed by atoms with Crippen LogP contribution in [0.4, 0.5) is 5.69 Å². The maximum atomic E-state index is 12.7. The normalized spacial score (nSPS) is 10.8. The van der Waals surface area contributed by atoms with Gasteiger partial charge in [0.1, 0.15) is 17.1 Å². The Bertz CT molecular complexity index is 707. The van der Waals surface area contributed by atoms with Gasteiger partial charge in [0, 0.05) is 12.0 Å². The van der Waals surface area contributed by atoms with E-state index < -0.39 is 0 Å². The van der Waals surface area contributed by atoms with Crippen LogP contribution < -0.4 is 14.8 Å². The predicted octanol–water partition coefficient (Wildman–Crippen LogP) is 4.16. The van der Waals surface area contributed by atoms with E-state index >= 15 is 0 Å². The first-order valence-electron chi connectivity index (χ1n) is 8.15. The molecule has 130 valence electrons. The highest BCUT2D eigenvalue weighted by atomic mass is 16.5. The predicted molar refractivity (Wildman–Crippen MR) is 92.1 cm³/mol. The van der Waals surface area contributed by atoms with Crippen molar-refractivity contribution in [3.05, 3.63) is 35.2 Å². The van der Waals surface area contributed by atoms with Crippen LogP contribution in [0.15, 0.2) is 22.7 Å².